The average Bonchev–Trinajstić information content (AvgIpc) is 2.82. The zero-order valence-electron chi connectivity index (χ0n) is 21.3. The molecule has 0 radical (unpaired) electrons. The minimum atomic E-state index is -3.60. The number of nitrogens with zero attached hydrogens (tertiary/aromatic N) is 1. The molecule has 1 saturated heterocycles. The third-order valence-corrected chi connectivity index (χ3v) is 7.41. The van der Waals surface area contributed by atoms with Gasteiger partial charge in [0.15, 0.2) is 0 Å². The van der Waals surface area contributed by atoms with Gasteiger partial charge in [0.1, 0.15) is 6.04 Å². The largest absolute Gasteiger partial charge is 0.378 e. The van der Waals surface area contributed by atoms with Crippen molar-refractivity contribution in [3.05, 3.63) is 54.1 Å². The van der Waals surface area contributed by atoms with Crippen molar-refractivity contribution in [2.75, 3.05) is 36.5 Å². The van der Waals surface area contributed by atoms with Crippen molar-refractivity contribution in [1.29, 1.82) is 0 Å². The minimum Gasteiger partial charge on any atom is -0.378 e. The topological polar surface area (TPSA) is 99.8 Å². The van der Waals surface area contributed by atoms with Gasteiger partial charge in [0.05, 0.1) is 18.1 Å². The fraction of sp³-hybridized carbons (Fsp3) is 0.500. The number of nitrogens with one attached hydrogen (secondary N) is 3. The van der Waals surface area contributed by atoms with Gasteiger partial charge in [-0.05, 0) is 76.1 Å². The van der Waals surface area contributed by atoms with Crippen LogP contribution in [0.5, 0.6) is 0 Å². The van der Waals surface area contributed by atoms with Gasteiger partial charge < -0.3 is 20.3 Å². The standard InChI is InChI=1S/C26H38N4O4S/c1-6-19(2)29-35(32,33)23-13-9-21(10-14-23)27-24(25(31)28-26(3,4)5)20-7-11-22(12-8-20)30-15-17-34-18-16-30/h7-14,19,24,27,29H,6,15-18H2,1-5H3,(H,28,31). The lowest BCUT2D eigenvalue weighted by molar-refractivity contribution is -0.123. The first-order valence-electron chi connectivity index (χ1n) is 12.1. The minimum absolute atomic E-state index is 0.149. The highest BCUT2D eigenvalue weighted by molar-refractivity contribution is 7.89. The number of carbonyl (C=O) groups excluding carboxylic acids is 1. The van der Waals surface area contributed by atoms with Crippen LogP contribution in [0.1, 0.15) is 52.6 Å². The number of carbonyl (C=O) groups is 1. The number of amides is 1. The smallest absolute Gasteiger partial charge is 0.247 e. The molecule has 1 fully saturated rings. The van der Waals surface area contributed by atoms with Crippen molar-refractivity contribution < 1.29 is 17.9 Å². The number of sulfonamides is 1. The maximum atomic E-state index is 13.2. The number of ether oxygens (including phenoxy) is 1. The molecule has 1 aliphatic heterocycles. The molecule has 0 saturated carbocycles. The maximum absolute atomic E-state index is 13.2. The Balaban J connectivity index is 1.82. The maximum Gasteiger partial charge on any atom is 0.247 e. The summed E-state index contributed by atoms with van der Waals surface area (Å²) in [4.78, 5) is 15.7. The van der Waals surface area contributed by atoms with Gasteiger partial charge in [-0.3, -0.25) is 4.79 Å². The number of hydrogen-bond acceptors (Lipinski definition) is 6. The van der Waals surface area contributed by atoms with E-state index in [1.54, 1.807) is 24.3 Å². The van der Waals surface area contributed by atoms with Crippen LogP contribution in [0, 0.1) is 0 Å². The van der Waals surface area contributed by atoms with Crippen LogP contribution in [0.4, 0.5) is 11.4 Å². The van der Waals surface area contributed by atoms with Gasteiger partial charge in [0.25, 0.3) is 0 Å². The molecule has 35 heavy (non-hydrogen) atoms. The second kappa shape index (κ2) is 11.4. The van der Waals surface area contributed by atoms with Gasteiger partial charge in [-0.2, -0.15) is 0 Å². The fourth-order valence-corrected chi connectivity index (χ4v) is 5.08. The highest BCUT2D eigenvalue weighted by atomic mass is 32.2. The van der Waals surface area contributed by atoms with Crippen LogP contribution >= 0.6 is 0 Å². The molecule has 3 rings (SSSR count). The zero-order chi connectivity index (χ0) is 25.6. The molecule has 2 aromatic rings. The Morgan fingerprint density at radius 2 is 1.63 bits per heavy atom. The van der Waals surface area contributed by atoms with Crippen molar-refractivity contribution in [3.63, 3.8) is 0 Å². The average molecular weight is 503 g/mol. The van der Waals surface area contributed by atoms with E-state index < -0.39 is 21.6 Å². The summed E-state index contributed by atoms with van der Waals surface area (Å²) in [5, 5.41) is 6.33. The molecule has 1 aliphatic rings. The summed E-state index contributed by atoms with van der Waals surface area (Å²) in [7, 11) is -3.60. The molecule has 3 N–H and O–H groups in total. The van der Waals surface area contributed by atoms with Gasteiger partial charge in [0.2, 0.25) is 15.9 Å². The molecular formula is C26H38N4O4S. The number of rotatable bonds is 9. The Morgan fingerprint density at radius 3 is 2.17 bits per heavy atom. The summed E-state index contributed by atoms with van der Waals surface area (Å²) in [5.41, 5.74) is 2.16. The van der Waals surface area contributed by atoms with Crippen molar-refractivity contribution in [3.8, 4) is 0 Å². The van der Waals surface area contributed by atoms with Crippen LogP contribution in [0.25, 0.3) is 0 Å². The number of benzene rings is 2. The van der Waals surface area contributed by atoms with E-state index in [4.69, 9.17) is 4.74 Å². The van der Waals surface area contributed by atoms with Crippen LogP contribution in [0.3, 0.4) is 0 Å². The Kier molecular flexibility index (Phi) is 8.79. The molecule has 0 spiro atoms. The lowest BCUT2D eigenvalue weighted by Crippen LogP contribution is -2.44. The van der Waals surface area contributed by atoms with E-state index in [1.165, 1.54) is 0 Å². The van der Waals surface area contributed by atoms with E-state index in [9.17, 15) is 13.2 Å². The normalized spacial score (nSPS) is 16.4. The van der Waals surface area contributed by atoms with Crippen molar-refractivity contribution in [2.45, 2.75) is 63.6 Å². The monoisotopic (exact) mass is 502 g/mol. The zero-order valence-corrected chi connectivity index (χ0v) is 22.1. The first-order valence-corrected chi connectivity index (χ1v) is 13.6. The van der Waals surface area contributed by atoms with Crippen LogP contribution < -0.4 is 20.3 Å². The molecule has 8 nitrogen and oxygen atoms in total. The quantitative estimate of drug-likeness (QED) is 0.484. The molecule has 2 unspecified atom stereocenters. The van der Waals surface area contributed by atoms with E-state index in [-0.39, 0.29) is 16.8 Å². The summed E-state index contributed by atoms with van der Waals surface area (Å²) >= 11 is 0. The molecule has 0 aromatic heterocycles. The predicted octanol–water partition coefficient (Wildman–Crippen LogP) is 3.67. The molecule has 192 valence electrons. The molecule has 1 amide bonds. The summed E-state index contributed by atoms with van der Waals surface area (Å²) < 4.78 is 33.2. The van der Waals surface area contributed by atoms with Crippen LogP contribution in [-0.2, 0) is 19.6 Å². The Bertz CT molecular complexity index is 1070. The van der Waals surface area contributed by atoms with Gasteiger partial charge >= 0.3 is 0 Å². The van der Waals surface area contributed by atoms with Crippen molar-refractivity contribution in [1.82, 2.24) is 10.0 Å². The highest BCUT2D eigenvalue weighted by Crippen LogP contribution is 2.25. The van der Waals surface area contributed by atoms with Gasteiger partial charge in [-0.25, -0.2) is 13.1 Å². The third kappa shape index (κ3) is 7.68. The predicted molar refractivity (Wildman–Crippen MR) is 140 cm³/mol. The van der Waals surface area contributed by atoms with E-state index >= 15 is 0 Å². The number of hydrogen-bond donors (Lipinski definition) is 3. The molecular weight excluding hydrogens is 464 g/mol. The molecule has 0 aliphatic carbocycles. The van der Waals surface area contributed by atoms with Gasteiger partial charge in [-0.1, -0.05) is 19.1 Å². The van der Waals surface area contributed by atoms with Crippen molar-refractivity contribution in [2.24, 2.45) is 0 Å². The summed E-state index contributed by atoms with van der Waals surface area (Å²) in [6.07, 6.45) is 0.702. The molecule has 0 bridgehead atoms. The summed E-state index contributed by atoms with van der Waals surface area (Å²) in [5.74, 6) is -0.160. The molecule has 9 heteroatoms. The van der Waals surface area contributed by atoms with Crippen LogP contribution in [0.2, 0.25) is 0 Å². The first kappa shape index (κ1) is 27.0. The van der Waals surface area contributed by atoms with E-state index in [0.29, 0.717) is 25.3 Å². The van der Waals surface area contributed by atoms with Gasteiger partial charge in [0, 0.05) is 36.0 Å². The fourth-order valence-electron chi connectivity index (χ4n) is 3.75. The van der Waals surface area contributed by atoms with E-state index in [2.05, 4.69) is 20.3 Å². The second-order valence-corrected chi connectivity index (χ2v) is 11.7. The third-order valence-electron chi connectivity index (χ3n) is 5.81. The SMILES string of the molecule is CCC(C)NS(=O)(=O)c1ccc(NC(C(=O)NC(C)(C)C)c2ccc(N3CCOCC3)cc2)cc1. The Labute approximate surface area is 209 Å². The Morgan fingerprint density at radius 1 is 1.03 bits per heavy atom. The highest BCUT2D eigenvalue weighted by Gasteiger charge is 2.25. The summed E-state index contributed by atoms with van der Waals surface area (Å²) in [6, 6.07) is 13.6. The molecule has 2 atom stereocenters. The molecule has 2 aromatic carbocycles. The lowest BCUT2D eigenvalue weighted by Gasteiger charge is -2.30. The van der Waals surface area contributed by atoms with Crippen LogP contribution in [-0.4, -0.2) is 52.2 Å². The van der Waals surface area contributed by atoms with E-state index in [0.717, 1.165) is 24.3 Å². The lowest BCUT2D eigenvalue weighted by atomic mass is 10.0. The molecule has 1 heterocycles. The van der Waals surface area contributed by atoms with Crippen molar-refractivity contribution >= 4 is 27.3 Å². The first-order chi connectivity index (χ1) is 16.5. The van der Waals surface area contributed by atoms with Crippen LogP contribution in [0.15, 0.2) is 53.4 Å². The number of anilines is 2. The summed E-state index contributed by atoms with van der Waals surface area (Å²) in [6.45, 7) is 12.7. The number of morpholine rings is 1. The van der Waals surface area contributed by atoms with Gasteiger partial charge in [-0.15, -0.1) is 0 Å². The Hall–Kier alpha value is -2.62. The van der Waals surface area contributed by atoms with E-state index in [1.807, 2.05) is 58.9 Å². The second-order valence-electron chi connectivity index (χ2n) is 9.96.